The van der Waals surface area contributed by atoms with E-state index in [1.54, 1.807) is 0 Å². The Balaban J connectivity index is 1.48. The maximum Gasteiger partial charge on any atom is 0.225 e. The largest absolute Gasteiger partial charge is 0.355 e. The maximum absolute atomic E-state index is 12.1. The predicted molar refractivity (Wildman–Crippen MR) is 90.3 cm³/mol. The topological polar surface area (TPSA) is 82.9 Å². The number of amides is 2. The highest BCUT2D eigenvalue weighted by molar-refractivity contribution is 5.94. The average molecular weight is 324 g/mol. The average Bonchev–Trinajstić information content (AvgIpc) is 3.36. The van der Waals surface area contributed by atoms with E-state index in [-0.39, 0.29) is 17.7 Å². The molecule has 6 nitrogen and oxygen atoms in total. The molecule has 0 radical (unpaired) electrons. The Hall–Kier alpha value is -2.68. The second kappa shape index (κ2) is 6.83. The summed E-state index contributed by atoms with van der Waals surface area (Å²) in [6, 6.07) is 7.70. The first-order valence-corrected chi connectivity index (χ1v) is 8.15. The fourth-order valence-electron chi connectivity index (χ4n) is 2.99. The quantitative estimate of drug-likeness (QED) is 0.756. The number of nitrogens with zero attached hydrogens (tertiary/aromatic N) is 2. The predicted octanol–water partition coefficient (Wildman–Crippen LogP) is 2.58. The van der Waals surface area contributed by atoms with E-state index >= 15 is 0 Å². The van der Waals surface area contributed by atoms with Crippen molar-refractivity contribution >= 4 is 17.5 Å². The van der Waals surface area contributed by atoms with Crippen molar-refractivity contribution in [3.63, 3.8) is 0 Å². The fraction of sp³-hybridized carbons (Fsp3) is 0.444. The van der Waals surface area contributed by atoms with Crippen LogP contribution in [0.4, 0.5) is 5.69 Å². The van der Waals surface area contributed by atoms with Crippen molar-refractivity contribution in [2.24, 2.45) is 10.2 Å². The molecule has 6 heteroatoms. The Bertz CT molecular complexity index is 714. The molecule has 0 spiro atoms. The van der Waals surface area contributed by atoms with Gasteiger partial charge in [0.25, 0.3) is 0 Å². The van der Waals surface area contributed by atoms with Crippen LogP contribution in [0.2, 0.25) is 0 Å². The van der Waals surface area contributed by atoms with Crippen LogP contribution in [0.25, 0.3) is 0 Å². The van der Waals surface area contributed by atoms with Gasteiger partial charge < -0.3 is 10.6 Å². The minimum atomic E-state index is -0.430. The van der Waals surface area contributed by atoms with Gasteiger partial charge in [0.2, 0.25) is 11.8 Å². The zero-order valence-corrected chi connectivity index (χ0v) is 13.4. The summed E-state index contributed by atoms with van der Waals surface area (Å²) in [5.41, 5.74) is 1.47. The van der Waals surface area contributed by atoms with Gasteiger partial charge in [0.1, 0.15) is 0 Å². The molecule has 2 aliphatic rings. The first-order chi connectivity index (χ1) is 11.6. The van der Waals surface area contributed by atoms with E-state index in [0.717, 1.165) is 11.3 Å². The molecule has 2 amide bonds. The smallest absolute Gasteiger partial charge is 0.225 e. The number of benzene rings is 1. The SMILES string of the molecule is C#CCCC1(CCC(=O)NCC2CC(=O)Nc3ccccc32)N=N1. The van der Waals surface area contributed by atoms with Crippen LogP contribution in [-0.2, 0) is 9.59 Å². The molecule has 1 atom stereocenters. The van der Waals surface area contributed by atoms with E-state index in [2.05, 4.69) is 26.8 Å². The van der Waals surface area contributed by atoms with E-state index in [1.807, 2.05) is 24.3 Å². The summed E-state index contributed by atoms with van der Waals surface area (Å²) in [7, 11) is 0. The van der Waals surface area contributed by atoms with Gasteiger partial charge in [-0.05, 0) is 11.6 Å². The summed E-state index contributed by atoms with van der Waals surface area (Å²) >= 11 is 0. The van der Waals surface area contributed by atoms with Crippen molar-refractivity contribution in [3.05, 3.63) is 29.8 Å². The maximum atomic E-state index is 12.1. The normalized spacial score (nSPS) is 19.8. The van der Waals surface area contributed by atoms with Gasteiger partial charge >= 0.3 is 0 Å². The van der Waals surface area contributed by atoms with E-state index in [1.165, 1.54) is 0 Å². The van der Waals surface area contributed by atoms with Crippen molar-refractivity contribution in [1.29, 1.82) is 0 Å². The fourth-order valence-corrected chi connectivity index (χ4v) is 2.99. The van der Waals surface area contributed by atoms with Gasteiger partial charge in [0.05, 0.1) is 0 Å². The van der Waals surface area contributed by atoms with Crippen molar-refractivity contribution in [2.45, 2.75) is 43.7 Å². The summed E-state index contributed by atoms with van der Waals surface area (Å²) in [5, 5.41) is 13.8. The van der Waals surface area contributed by atoms with Gasteiger partial charge in [-0.3, -0.25) is 9.59 Å². The van der Waals surface area contributed by atoms with Gasteiger partial charge in [-0.1, -0.05) is 18.2 Å². The third-order valence-corrected chi connectivity index (χ3v) is 4.46. The van der Waals surface area contributed by atoms with Crippen molar-refractivity contribution < 1.29 is 9.59 Å². The monoisotopic (exact) mass is 324 g/mol. The number of hydrogen-bond donors (Lipinski definition) is 2. The van der Waals surface area contributed by atoms with E-state index in [0.29, 0.717) is 38.6 Å². The number of terminal acetylenes is 1. The van der Waals surface area contributed by atoms with Crippen LogP contribution in [-0.4, -0.2) is 24.0 Å². The third kappa shape index (κ3) is 3.80. The second-order valence-electron chi connectivity index (χ2n) is 6.23. The van der Waals surface area contributed by atoms with Gasteiger partial charge in [-0.15, -0.1) is 12.3 Å². The number of carbonyl (C=O) groups is 2. The molecule has 2 heterocycles. The van der Waals surface area contributed by atoms with Crippen LogP contribution in [0.3, 0.4) is 0 Å². The molecule has 0 aliphatic carbocycles. The highest BCUT2D eigenvalue weighted by atomic mass is 16.2. The lowest BCUT2D eigenvalue weighted by Gasteiger charge is -2.25. The molecule has 3 rings (SSSR count). The molecule has 124 valence electrons. The molecule has 0 saturated carbocycles. The molecule has 24 heavy (non-hydrogen) atoms. The number of hydrogen-bond acceptors (Lipinski definition) is 4. The lowest BCUT2D eigenvalue weighted by atomic mass is 9.90. The highest BCUT2D eigenvalue weighted by Crippen LogP contribution is 2.37. The number of rotatable bonds is 7. The van der Waals surface area contributed by atoms with Crippen LogP contribution in [0.15, 0.2) is 34.5 Å². The Morgan fingerprint density at radius 1 is 1.38 bits per heavy atom. The van der Waals surface area contributed by atoms with Crippen molar-refractivity contribution in [3.8, 4) is 12.3 Å². The number of nitrogens with one attached hydrogen (secondary N) is 2. The van der Waals surface area contributed by atoms with Gasteiger partial charge in [-0.2, -0.15) is 10.2 Å². The molecular weight excluding hydrogens is 304 g/mol. The highest BCUT2D eigenvalue weighted by Gasteiger charge is 2.39. The molecule has 0 saturated heterocycles. The number of para-hydroxylation sites is 1. The van der Waals surface area contributed by atoms with E-state index in [9.17, 15) is 9.59 Å². The number of anilines is 1. The van der Waals surface area contributed by atoms with Crippen LogP contribution in [0, 0.1) is 12.3 Å². The van der Waals surface area contributed by atoms with E-state index in [4.69, 9.17) is 6.42 Å². The summed E-state index contributed by atoms with van der Waals surface area (Å²) in [6.45, 7) is 0.453. The first-order valence-electron chi connectivity index (χ1n) is 8.15. The molecular formula is C18H20N4O2. The number of fused-ring (bicyclic) bond motifs is 1. The Kier molecular flexibility index (Phi) is 4.61. The zero-order chi connectivity index (χ0) is 17.0. The van der Waals surface area contributed by atoms with Crippen LogP contribution < -0.4 is 10.6 Å². The Morgan fingerprint density at radius 3 is 2.92 bits per heavy atom. The molecule has 0 bridgehead atoms. The minimum absolute atomic E-state index is 0.00426. The van der Waals surface area contributed by atoms with Crippen molar-refractivity contribution in [1.82, 2.24) is 5.32 Å². The van der Waals surface area contributed by atoms with Gasteiger partial charge in [0.15, 0.2) is 5.66 Å². The lowest BCUT2D eigenvalue weighted by Crippen LogP contribution is -2.33. The van der Waals surface area contributed by atoms with Crippen LogP contribution in [0.5, 0.6) is 0 Å². The third-order valence-electron chi connectivity index (χ3n) is 4.46. The minimum Gasteiger partial charge on any atom is -0.355 e. The van der Waals surface area contributed by atoms with E-state index < -0.39 is 5.66 Å². The molecule has 0 aromatic heterocycles. The van der Waals surface area contributed by atoms with Crippen LogP contribution in [0.1, 0.15) is 43.6 Å². The molecule has 2 aliphatic heterocycles. The molecule has 1 aromatic rings. The Morgan fingerprint density at radius 2 is 2.17 bits per heavy atom. The zero-order valence-electron chi connectivity index (χ0n) is 13.4. The summed E-state index contributed by atoms with van der Waals surface area (Å²) in [4.78, 5) is 23.9. The first kappa shape index (κ1) is 16.2. The Labute approximate surface area is 141 Å². The summed E-state index contributed by atoms with van der Waals surface area (Å²) in [5.74, 6) is 2.52. The molecule has 1 aromatic carbocycles. The lowest BCUT2D eigenvalue weighted by molar-refractivity contribution is -0.122. The summed E-state index contributed by atoms with van der Waals surface area (Å²) in [6.07, 6.45) is 7.90. The molecule has 0 fully saturated rings. The molecule has 1 unspecified atom stereocenters. The standard InChI is InChI=1S/C18H20N4O2/c1-2-3-9-18(21-22-18)10-8-16(23)19-12-13-11-17(24)20-15-7-5-4-6-14(13)15/h1,4-7,13H,3,8-12H2,(H,19,23)(H,20,24). The van der Waals surface area contributed by atoms with Gasteiger partial charge in [0, 0.05) is 50.3 Å². The number of carbonyl (C=O) groups excluding carboxylic acids is 2. The second-order valence-corrected chi connectivity index (χ2v) is 6.23. The molecule has 2 N–H and O–H groups in total. The van der Waals surface area contributed by atoms with Crippen LogP contribution >= 0.6 is 0 Å². The van der Waals surface area contributed by atoms with Crippen molar-refractivity contribution in [2.75, 3.05) is 11.9 Å². The summed E-state index contributed by atoms with van der Waals surface area (Å²) < 4.78 is 0. The van der Waals surface area contributed by atoms with Gasteiger partial charge in [-0.25, -0.2) is 0 Å².